The van der Waals surface area contributed by atoms with E-state index in [0.717, 1.165) is 34.2 Å². The number of ether oxygens (including phenoxy) is 1. The van der Waals surface area contributed by atoms with Gasteiger partial charge in [-0.1, -0.05) is 6.07 Å². The van der Waals surface area contributed by atoms with Crippen LogP contribution in [0.2, 0.25) is 0 Å². The summed E-state index contributed by atoms with van der Waals surface area (Å²) in [5.74, 6) is 2.55. The van der Waals surface area contributed by atoms with E-state index >= 15 is 0 Å². The quantitative estimate of drug-likeness (QED) is 0.364. The number of furan rings is 1. The Balaban J connectivity index is 1.54. The third-order valence-corrected chi connectivity index (χ3v) is 5.91. The number of aromatic hydroxyl groups is 1. The van der Waals surface area contributed by atoms with Gasteiger partial charge >= 0.3 is 0 Å². The molecule has 0 spiro atoms. The smallest absolute Gasteiger partial charge is 0.174 e. The molecule has 0 radical (unpaired) electrons. The van der Waals surface area contributed by atoms with Gasteiger partial charge in [0.25, 0.3) is 0 Å². The van der Waals surface area contributed by atoms with Crippen molar-refractivity contribution in [2.24, 2.45) is 0 Å². The Hall–Kier alpha value is -3.84. The minimum absolute atomic E-state index is 0.199. The molecule has 0 bridgehead atoms. The van der Waals surface area contributed by atoms with Crippen molar-refractivity contribution in [3.63, 3.8) is 0 Å². The van der Waals surface area contributed by atoms with Crippen molar-refractivity contribution in [1.82, 2.24) is 10.3 Å². The molecule has 0 unspecified atom stereocenters. The molecule has 1 aliphatic heterocycles. The SMILES string of the molecule is CCOc1ccc(-c2ccc([C@H]3[C@H](c4ccccn4)NC(=S)N3c3ccc(O)cc3)o2)cc1. The van der Waals surface area contributed by atoms with Gasteiger partial charge in [0.05, 0.1) is 18.3 Å². The summed E-state index contributed by atoms with van der Waals surface area (Å²) >= 11 is 5.72. The lowest BCUT2D eigenvalue weighted by Gasteiger charge is -2.26. The molecular weight excluding hydrogens is 434 g/mol. The van der Waals surface area contributed by atoms with Crippen molar-refractivity contribution in [3.05, 3.63) is 96.5 Å². The van der Waals surface area contributed by atoms with E-state index in [4.69, 9.17) is 21.4 Å². The van der Waals surface area contributed by atoms with Crippen molar-refractivity contribution in [1.29, 1.82) is 0 Å². The molecule has 5 rings (SSSR count). The molecule has 0 aliphatic carbocycles. The molecule has 166 valence electrons. The Morgan fingerprint density at radius 1 is 1.03 bits per heavy atom. The van der Waals surface area contributed by atoms with E-state index in [1.54, 1.807) is 18.3 Å². The molecule has 0 amide bonds. The topological polar surface area (TPSA) is 70.8 Å². The fraction of sp³-hybridized carbons (Fsp3) is 0.154. The lowest BCUT2D eigenvalue weighted by molar-refractivity contribution is 0.340. The number of phenolic OH excluding ortho intramolecular Hbond substituents is 1. The molecular formula is C26H23N3O3S. The number of nitrogens with one attached hydrogen (secondary N) is 1. The maximum absolute atomic E-state index is 9.76. The number of hydrogen-bond acceptors (Lipinski definition) is 5. The fourth-order valence-electron chi connectivity index (χ4n) is 4.08. The highest BCUT2D eigenvalue weighted by molar-refractivity contribution is 7.80. The number of hydrogen-bond donors (Lipinski definition) is 2. The number of aromatic nitrogens is 1. The maximum atomic E-state index is 9.76. The molecule has 2 aromatic heterocycles. The maximum Gasteiger partial charge on any atom is 0.174 e. The number of phenols is 1. The zero-order valence-electron chi connectivity index (χ0n) is 18.0. The van der Waals surface area contributed by atoms with Gasteiger partial charge in [0.2, 0.25) is 0 Å². The van der Waals surface area contributed by atoms with Gasteiger partial charge in [-0.3, -0.25) is 4.98 Å². The van der Waals surface area contributed by atoms with Crippen LogP contribution < -0.4 is 15.0 Å². The first kappa shape index (κ1) is 21.0. The molecule has 33 heavy (non-hydrogen) atoms. The van der Waals surface area contributed by atoms with Gasteiger partial charge in [-0.25, -0.2) is 0 Å². The molecule has 0 saturated carbocycles. The number of thiocarbonyl (C=S) groups is 1. The fourth-order valence-corrected chi connectivity index (χ4v) is 4.43. The summed E-state index contributed by atoms with van der Waals surface area (Å²) in [5.41, 5.74) is 2.68. The number of benzene rings is 2. The van der Waals surface area contributed by atoms with Crippen LogP contribution in [0.4, 0.5) is 5.69 Å². The number of anilines is 1. The molecule has 7 heteroatoms. The van der Waals surface area contributed by atoms with Gasteiger partial charge in [0, 0.05) is 17.4 Å². The van der Waals surface area contributed by atoms with Crippen LogP contribution in [-0.2, 0) is 0 Å². The van der Waals surface area contributed by atoms with Crippen molar-refractivity contribution >= 4 is 23.0 Å². The predicted octanol–water partition coefficient (Wildman–Crippen LogP) is 5.62. The zero-order valence-corrected chi connectivity index (χ0v) is 18.8. The highest BCUT2D eigenvalue weighted by atomic mass is 32.1. The Kier molecular flexibility index (Phi) is 5.71. The lowest BCUT2D eigenvalue weighted by Crippen LogP contribution is -2.29. The Labute approximate surface area is 197 Å². The largest absolute Gasteiger partial charge is 0.508 e. The predicted molar refractivity (Wildman–Crippen MR) is 131 cm³/mol. The third-order valence-electron chi connectivity index (χ3n) is 5.59. The van der Waals surface area contributed by atoms with Crippen molar-refractivity contribution in [3.8, 4) is 22.8 Å². The molecule has 1 saturated heterocycles. The van der Waals surface area contributed by atoms with Gasteiger partial charge in [-0.05, 0) is 91.9 Å². The van der Waals surface area contributed by atoms with E-state index in [9.17, 15) is 5.11 Å². The number of rotatable bonds is 6. The average Bonchev–Trinajstić information content (AvgIpc) is 3.46. The summed E-state index contributed by atoms with van der Waals surface area (Å²) in [6, 6.07) is 24.1. The summed E-state index contributed by atoms with van der Waals surface area (Å²) in [6.07, 6.45) is 1.77. The van der Waals surface area contributed by atoms with E-state index in [2.05, 4.69) is 10.3 Å². The number of nitrogens with zero attached hydrogens (tertiary/aromatic N) is 2. The van der Waals surface area contributed by atoms with Crippen LogP contribution in [0, 0.1) is 0 Å². The molecule has 6 nitrogen and oxygen atoms in total. The van der Waals surface area contributed by atoms with Gasteiger partial charge in [0.1, 0.15) is 29.1 Å². The molecule has 3 heterocycles. The summed E-state index contributed by atoms with van der Waals surface area (Å²) in [4.78, 5) is 6.57. The van der Waals surface area contributed by atoms with Crippen LogP contribution in [0.3, 0.4) is 0 Å². The first-order valence-corrected chi connectivity index (χ1v) is 11.2. The van der Waals surface area contributed by atoms with Crippen LogP contribution in [0.5, 0.6) is 11.5 Å². The minimum atomic E-state index is -0.256. The van der Waals surface area contributed by atoms with Crippen molar-refractivity contribution < 1.29 is 14.3 Å². The molecule has 4 aromatic rings. The summed E-state index contributed by atoms with van der Waals surface area (Å²) in [5, 5.41) is 13.7. The highest BCUT2D eigenvalue weighted by Gasteiger charge is 2.42. The standard InChI is InChI=1S/C26H23N3O3S/c1-2-31-20-12-6-17(7-13-20)22-14-15-23(32-22)25-24(21-5-3-4-16-27-21)28-26(33)29(25)18-8-10-19(30)11-9-18/h3-16,24-25,30H,2H2,1H3,(H,28,33)/t24-,25-/m0/s1. The Bertz CT molecular complexity index is 1240. The van der Waals surface area contributed by atoms with Gasteiger partial charge in [-0.2, -0.15) is 0 Å². The van der Waals surface area contributed by atoms with Crippen molar-refractivity contribution in [2.75, 3.05) is 11.5 Å². The number of pyridine rings is 1. The molecule has 1 fully saturated rings. The van der Waals surface area contributed by atoms with E-state index in [-0.39, 0.29) is 17.8 Å². The van der Waals surface area contributed by atoms with Crippen LogP contribution in [0.25, 0.3) is 11.3 Å². The monoisotopic (exact) mass is 457 g/mol. The molecule has 2 N–H and O–H groups in total. The van der Waals surface area contributed by atoms with Crippen LogP contribution >= 0.6 is 12.2 Å². The minimum Gasteiger partial charge on any atom is -0.508 e. The van der Waals surface area contributed by atoms with Gasteiger partial charge in [-0.15, -0.1) is 0 Å². The first-order valence-electron chi connectivity index (χ1n) is 10.8. The van der Waals surface area contributed by atoms with Crippen LogP contribution in [0.15, 0.2) is 89.5 Å². The normalized spacial score (nSPS) is 17.7. The lowest BCUT2D eigenvalue weighted by atomic mass is 10.0. The van der Waals surface area contributed by atoms with E-state index in [0.29, 0.717) is 11.7 Å². The van der Waals surface area contributed by atoms with Crippen molar-refractivity contribution in [2.45, 2.75) is 19.0 Å². The summed E-state index contributed by atoms with van der Waals surface area (Å²) in [7, 11) is 0. The van der Waals surface area contributed by atoms with Gasteiger partial charge in [0.15, 0.2) is 5.11 Å². The highest BCUT2D eigenvalue weighted by Crippen LogP contribution is 2.43. The second-order valence-corrected chi connectivity index (χ2v) is 8.06. The van der Waals surface area contributed by atoms with E-state index < -0.39 is 0 Å². The summed E-state index contributed by atoms with van der Waals surface area (Å²) in [6.45, 7) is 2.59. The van der Waals surface area contributed by atoms with E-state index in [1.807, 2.05) is 78.6 Å². The Morgan fingerprint density at radius 3 is 2.52 bits per heavy atom. The van der Waals surface area contributed by atoms with Crippen LogP contribution in [0.1, 0.15) is 30.5 Å². The molecule has 1 aliphatic rings. The first-order chi connectivity index (χ1) is 16.1. The second-order valence-electron chi connectivity index (χ2n) is 7.67. The molecule has 2 atom stereocenters. The van der Waals surface area contributed by atoms with E-state index in [1.165, 1.54) is 0 Å². The third kappa shape index (κ3) is 4.15. The zero-order chi connectivity index (χ0) is 22.8. The second kappa shape index (κ2) is 8.96. The summed E-state index contributed by atoms with van der Waals surface area (Å²) < 4.78 is 11.9. The van der Waals surface area contributed by atoms with Crippen LogP contribution in [-0.4, -0.2) is 21.8 Å². The molecule has 2 aromatic carbocycles. The average molecular weight is 458 g/mol. The van der Waals surface area contributed by atoms with Gasteiger partial charge < -0.3 is 24.5 Å². The Morgan fingerprint density at radius 2 is 1.82 bits per heavy atom.